The van der Waals surface area contributed by atoms with E-state index in [1.54, 1.807) is 11.3 Å². The van der Waals surface area contributed by atoms with Crippen molar-refractivity contribution in [1.29, 1.82) is 0 Å². The third kappa shape index (κ3) is 4.19. The number of rotatable bonds is 7. The van der Waals surface area contributed by atoms with E-state index in [2.05, 4.69) is 20.3 Å². The lowest BCUT2D eigenvalue weighted by atomic mass is 10.2. The summed E-state index contributed by atoms with van der Waals surface area (Å²) in [7, 11) is 0. The molecule has 3 aromatic heterocycles. The Morgan fingerprint density at radius 2 is 2.19 bits per heavy atom. The topological polar surface area (TPSA) is 97.0 Å². The van der Waals surface area contributed by atoms with Crippen LogP contribution < -0.4 is 15.6 Å². The number of aromatic nitrogens is 3. The molecule has 4 aromatic rings. The number of aryl methyl sites for hydroxylation is 2. The summed E-state index contributed by atoms with van der Waals surface area (Å²) in [6.07, 6.45) is 3.12. The second-order valence-corrected chi connectivity index (χ2v) is 10.3. The van der Waals surface area contributed by atoms with Crippen molar-refractivity contribution in [1.82, 2.24) is 15.0 Å². The van der Waals surface area contributed by atoms with Crippen molar-refractivity contribution in [2.45, 2.75) is 31.9 Å². The molecule has 31 heavy (non-hydrogen) atoms. The molecule has 3 heterocycles. The summed E-state index contributed by atoms with van der Waals surface area (Å²) in [6, 6.07) is 5.69. The minimum atomic E-state index is -0.132. The zero-order chi connectivity index (χ0) is 21.4. The molecule has 1 aliphatic carbocycles. The smallest absolute Gasteiger partial charge is 0.259 e. The summed E-state index contributed by atoms with van der Waals surface area (Å²) < 4.78 is 6.47. The molecule has 0 saturated heterocycles. The molecule has 10 heteroatoms. The van der Waals surface area contributed by atoms with Gasteiger partial charge in [-0.05, 0) is 49.9 Å². The van der Waals surface area contributed by atoms with Crippen molar-refractivity contribution in [3.05, 3.63) is 44.8 Å². The highest BCUT2D eigenvalue weighted by Crippen LogP contribution is 2.34. The average molecular weight is 473 g/mol. The second kappa shape index (κ2) is 8.60. The van der Waals surface area contributed by atoms with E-state index >= 15 is 0 Å². The molecule has 5 rings (SSSR count). The zero-order valence-corrected chi connectivity index (χ0v) is 19.3. The van der Waals surface area contributed by atoms with Gasteiger partial charge >= 0.3 is 0 Å². The molecular weight excluding hydrogens is 452 g/mol. The molecule has 1 aromatic carbocycles. The Morgan fingerprint density at radius 1 is 1.29 bits per heavy atom. The number of amides is 1. The second-order valence-electron chi connectivity index (χ2n) is 7.17. The van der Waals surface area contributed by atoms with E-state index in [0.29, 0.717) is 23.3 Å². The van der Waals surface area contributed by atoms with Gasteiger partial charge in [-0.1, -0.05) is 11.3 Å². The summed E-state index contributed by atoms with van der Waals surface area (Å²) >= 11 is 4.46. The number of aromatic amines is 1. The van der Waals surface area contributed by atoms with E-state index in [1.807, 2.05) is 25.1 Å². The number of benzene rings is 1. The predicted octanol–water partition coefficient (Wildman–Crippen LogP) is 4.35. The number of hydrogen-bond acceptors (Lipinski definition) is 8. The van der Waals surface area contributed by atoms with Crippen molar-refractivity contribution >= 4 is 65.9 Å². The molecule has 1 amide bonds. The number of hydrogen-bond donors (Lipinski definition) is 2. The lowest BCUT2D eigenvalue weighted by molar-refractivity contribution is -0.113. The van der Waals surface area contributed by atoms with Gasteiger partial charge in [0.15, 0.2) is 5.13 Å². The highest BCUT2D eigenvalue weighted by molar-refractivity contribution is 7.99. The van der Waals surface area contributed by atoms with Crippen LogP contribution in [0.4, 0.5) is 5.13 Å². The van der Waals surface area contributed by atoms with Crippen LogP contribution in [0.2, 0.25) is 0 Å². The number of carbonyl (C=O) groups is 1. The quantitative estimate of drug-likeness (QED) is 0.415. The van der Waals surface area contributed by atoms with E-state index in [9.17, 15) is 9.59 Å². The lowest BCUT2D eigenvalue weighted by Gasteiger charge is -2.03. The molecule has 0 aliphatic heterocycles. The first-order valence-corrected chi connectivity index (χ1v) is 12.8. The van der Waals surface area contributed by atoms with Gasteiger partial charge < -0.3 is 15.0 Å². The first kappa shape index (κ1) is 20.5. The molecule has 0 radical (unpaired) electrons. The fourth-order valence-electron chi connectivity index (χ4n) is 3.73. The lowest BCUT2D eigenvalue weighted by Crippen LogP contribution is -2.15. The highest BCUT2D eigenvalue weighted by Gasteiger charge is 2.21. The first-order chi connectivity index (χ1) is 15.1. The van der Waals surface area contributed by atoms with E-state index in [4.69, 9.17) is 4.74 Å². The number of H-pyrrole nitrogens is 1. The monoisotopic (exact) mass is 472 g/mol. The van der Waals surface area contributed by atoms with Crippen LogP contribution in [0.5, 0.6) is 5.75 Å². The summed E-state index contributed by atoms with van der Waals surface area (Å²) in [5.74, 6) is 1.99. The number of fused-ring (bicyclic) bond motifs is 4. The maximum Gasteiger partial charge on any atom is 0.259 e. The van der Waals surface area contributed by atoms with Gasteiger partial charge in [0, 0.05) is 4.88 Å². The number of thioether (sulfide) groups is 1. The summed E-state index contributed by atoms with van der Waals surface area (Å²) in [4.78, 5) is 38.9. The minimum Gasteiger partial charge on any atom is -0.494 e. The number of thiophene rings is 1. The van der Waals surface area contributed by atoms with Gasteiger partial charge in [-0.2, -0.15) is 0 Å². The molecule has 0 spiro atoms. The van der Waals surface area contributed by atoms with E-state index in [0.717, 1.165) is 45.4 Å². The largest absolute Gasteiger partial charge is 0.494 e. The minimum absolute atomic E-state index is 0.0645. The van der Waals surface area contributed by atoms with Gasteiger partial charge in [0.05, 0.1) is 33.7 Å². The van der Waals surface area contributed by atoms with Crippen molar-refractivity contribution < 1.29 is 9.53 Å². The van der Waals surface area contributed by atoms with Crippen LogP contribution in [0.1, 0.15) is 29.6 Å². The van der Waals surface area contributed by atoms with Crippen LogP contribution >= 0.6 is 34.4 Å². The van der Waals surface area contributed by atoms with Gasteiger partial charge in [0.25, 0.3) is 5.56 Å². The van der Waals surface area contributed by atoms with Crippen LogP contribution in [0.15, 0.2) is 23.0 Å². The number of nitrogens with one attached hydrogen (secondary N) is 2. The van der Waals surface area contributed by atoms with Crippen LogP contribution in [-0.2, 0) is 23.4 Å². The number of anilines is 1. The van der Waals surface area contributed by atoms with Crippen molar-refractivity contribution in [2.75, 3.05) is 17.7 Å². The standard InChI is InChI=1S/C21H20N4O3S3/c1-2-28-11-6-7-13-15(8-11)31-21(22-13)25-17(26)10-29-9-16-23-19(27)18-12-4-3-5-14(12)30-20(18)24-16/h6-8H,2-5,9-10H2,1H3,(H,22,25,26)(H,23,24,27). The SMILES string of the molecule is CCOc1ccc2nc(NC(=O)CSCc3nc4sc5c(c4c(=O)[nH]3)CCC5)sc2c1. The summed E-state index contributed by atoms with van der Waals surface area (Å²) in [5.41, 5.74) is 1.94. The van der Waals surface area contributed by atoms with Crippen LogP contribution in [0.25, 0.3) is 20.4 Å². The third-order valence-electron chi connectivity index (χ3n) is 5.01. The zero-order valence-electron chi connectivity index (χ0n) is 16.8. The Balaban J connectivity index is 1.20. The molecule has 1 aliphatic rings. The molecule has 7 nitrogen and oxygen atoms in total. The number of nitrogens with zero attached hydrogens (tertiary/aromatic N) is 2. The van der Waals surface area contributed by atoms with Gasteiger partial charge in [-0.15, -0.1) is 23.1 Å². The number of thiazole rings is 1. The normalized spacial score (nSPS) is 13.1. The van der Waals surface area contributed by atoms with Crippen LogP contribution in [0, 0.1) is 0 Å². The Bertz CT molecular complexity index is 1340. The third-order valence-corrected chi connectivity index (χ3v) is 8.08. The van der Waals surface area contributed by atoms with Crippen molar-refractivity contribution in [3.63, 3.8) is 0 Å². The molecule has 0 atom stereocenters. The van der Waals surface area contributed by atoms with E-state index in [1.165, 1.54) is 33.5 Å². The Labute approximate surface area is 190 Å². The van der Waals surface area contributed by atoms with Gasteiger partial charge in [-0.25, -0.2) is 9.97 Å². The van der Waals surface area contributed by atoms with Gasteiger partial charge in [-0.3, -0.25) is 9.59 Å². The molecule has 2 N–H and O–H groups in total. The highest BCUT2D eigenvalue weighted by atomic mass is 32.2. The Kier molecular flexibility index (Phi) is 5.68. The molecule has 0 bridgehead atoms. The summed E-state index contributed by atoms with van der Waals surface area (Å²) in [5, 5.41) is 4.17. The average Bonchev–Trinajstić information content (AvgIpc) is 3.41. The number of carbonyl (C=O) groups excluding carboxylic acids is 1. The summed E-state index contributed by atoms with van der Waals surface area (Å²) in [6.45, 7) is 2.54. The maximum atomic E-state index is 12.5. The van der Waals surface area contributed by atoms with E-state index < -0.39 is 0 Å². The number of ether oxygens (including phenoxy) is 1. The van der Waals surface area contributed by atoms with E-state index in [-0.39, 0.29) is 17.2 Å². The molecular formula is C21H20N4O3S3. The maximum absolute atomic E-state index is 12.5. The van der Waals surface area contributed by atoms with Gasteiger partial charge in [0.1, 0.15) is 16.4 Å². The Morgan fingerprint density at radius 3 is 3.06 bits per heavy atom. The molecule has 0 unspecified atom stereocenters. The van der Waals surface area contributed by atoms with Crippen molar-refractivity contribution in [3.8, 4) is 5.75 Å². The molecule has 160 valence electrons. The molecule has 0 saturated carbocycles. The first-order valence-electron chi connectivity index (χ1n) is 10.0. The predicted molar refractivity (Wildman–Crippen MR) is 128 cm³/mol. The fraction of sp³-hybridized carbons (Fsp3) is 0.333. The van der Waals surface area contributed by atoms with Crippen LogP contribution in [-0.4, -0.2) is 33.2 Å². The van der Waals surface area contributed by atoms with Crippen LogP contribution in [0.3, 0.4) is 0 Å². The van der Waals surface area contributed by atoms with Gasteiger partial charge in [0.2, 0.25) is 5.91 Å². The Hall–Kier alpha value is -2.43. The fourth-order valence-corrected chi connectivity index (χ4v) is 6.61. The molecule has 0 fully saturated rings. The van der Waals surface area contributed by atoms with Crippen molar-refractivity contribution in [2.24, 2.45) is 0 Å².